The van der Waals surface area contributed by atoms with Crippen molar-refractivity contribution in [3.8, 4) is 17.1 Å². The second kappa shape index (κ2) is 11.1. The molecule has 0 amide bonds. The fraction of sp³-hybridized carbons (Fsp3) is 0.300. The summed E-state index contributed by atoms with van der Waals surface area (Å²) in [7, 11) is 0. The van der Waals surface area contributed by atoms with Gasteiger partial charge < -0.3 is 4.74 Å². The average Bonchev–Trinajstić information content (AvgIpc) is 3.25. The number of Topliss-reactive ketones (excluding diaryl/α,β-unsaturated/α-hetero) is 1. The third kappa shape index (κ3) is 6.05. The monoisotopic (exact) mass is 499 g/mol. The van der Waals surface area contributed by atoms with Crippen molar-refractivity contribution in [3.05, 3.63) is 95.1 Å². The van der Waals surface area contributed by atoms with Crippen molar-refractivity contribution in [2.75, 3.05) is 6.61 Å². The molecule has 1 heterocycles. The van der Waals surface area contributed by atoms with E-state index in [9.17, 15) is 4.79 Å². The molecule has 1 aromatic heterocycles. The van der Waals surface area contributed by atoms with Crippen LogP contribution < -0.4 is 4.74 Å². The zero-order valence-electron chi connectivity index (χ0n) is 21.6. The normalized spacial score (nSPS) is 11.5. The van der Waals surface area contributed by atoms with Crippen molar-refractivity contribution in [2.45, 2.75) is 57.5 Å². The molecule has 4 aromatic rings. The highest BCUT2D eigenvalue weighted by molar-refractivity contribution is 7.98. The number of ketones is 1. The first kappa shape index (κ1) is 25.7. The first-order valence-corrected chi connectivity index (χ1v) is 13.2. The number of ether oxygens (including phenoxy) is 1. The Morgan fingerprint density at radius 1 is 0.972 bits per heavy atom. The number of benzene rings is 3. The Kier molecular flexibility index (Phi) is 7.94. The van der Waals surface area contributed by atoms with E-state index in [1.54, 1.807) is 18.7 Å². The predicted molar refractivity (Wildman–Crippen MR) is 147 cm³/mol. The molecule has 0 bridgehead atoms. The Hall–Kier alpha value is -3.38. The first-order chi connectivity index (χ1) is 17.3. The Balaban J connectivity index is 1.68. The highest BCUT2D eigenvalue weighted by Gasteiger charge is 2.18. The maximum absolute atomic E-state index is 12.0. The van der Waals surface area contributed by atoms with E-state index in [0.717, 1.165) is 27.9 Å². The highest BCUT2D eigenvalue weighted by Crippen LogP contribution is 2.32. The lowest BCUT2D eigenvalue weighted by molar-refractivity contribution is 0.101. The Morgan fingerprint density at radius 2 is 1.69 bits per heavy atom. The average molecular weight is 500 g/mol. The molecular weight excluding hydrogens is 466 g/mol. The van der Waals surface area contributed by atoms with Gasteiger partial charge in [-0.15, -0.1) is 10.2 Å². The minimum absolute atomic E-state index is 0.0394. The first-order valence-electron chi connectivity index (χ1n) is 12.2. The molecule has 186 valence electrons. The summed E-state index contributed by atoms with van der Waals surface area (Å²) in [5, 5.41) is 10.00. The molecule has 3 aromatic carbocycles. The van der Waals surface area contributed by atoms with Crippen LogP contribution in [0.1, 0.15) is 61.7 Å². The smallest absolute Gasteiger partial charge is 0.192 e. The maximum Gasteiger partial charge on any atom is 0.192 e. The van der Waals surface area contributed by atoms with Crippen LogP contribution in [-0.2, 0) is 17.7 Å². The predicted octanol–water partition coefficient (Wildman–Crippen LogP) is 7.18. The van der Waals surface area contributed by atoms with Gasteiger partial charge in [0.2, 0.25) is 0 Å². The van der Waals surface area contributed by atoms with Crippen molar-refractivity contribution >= 4 is 17.5 Å². The molecule has 0 atom stereocenters. The van der Waals surface area contributed by atoms with Gasteiger partial charge in [0.1, 0.15) is 5.75 Å². The molecular formula is C30H33N3O2S. The fourth-order valence-corrected chi connectivity index (χ4v) is 4.90. The fourth-order valence-electron chi connectivity index (χ4n) is 3.99. The van der Waals surface area contributed by atoms with Gasteiger partial charge in [-0.1, -0.05) is 87.1 Å². The quantitative estimate of drug-likeness (QED) is 0.180. The third-order valence-electron chi connectivity index (χ3n) is 6.03. The number of carbonyl (C=O) groups is 1. The van der Waals surface area contributed by atoms with E-state index < -0.39 is 0 Å². The molecule has 5 nitrogen and oxygen atoms in total. The van der Waals surface area contributed by atoms with Gasteiger partial charge in [0.05, 0.1) is 13.2 Å². The SMILES string of the molecule is CCOc1ccc(C(C)=O)cc1CSc1nnc(-c2ccc(C(C)(C)C)cc2)n1Cc1ccccc1. The number of carbonyl (C=O) groups excluding carboxylic acids is 1. The largest absolute Gasteiger partial charge is 0.494 e. The van der Waals surface area contributed by atoms with Gasteiger partial charge in [0.15, 0.2) is 16.8 Å². The van der Waals surface area contributed by atoms with E-state index >= 15 is 0 Å². The number of rotatable bonds is 9. The van der Waals surface area contributed by atoms with Crippen LogP contribution >= 0.6 is 11.8 Å². The standard InChI is InChI=1S/C30H33N3O2S/c1-6-35-27-17-14-24(21(2)34)18-25(27)20-36-29-32-31-28(33(29)19-22-10-8-7-9-11-22)23-12-15-26(16-13-23)30(3,4)5/h7-18H,6,19-20H2,1-5H3. The number of nitrogens with zero attached hydrogens (tertiary/aromatic N) is 3. The van der Waals surface area contributed by atoms with E-state index in [4.69, 9.17) is 4.74 Å². The van der Waals surface area contributed by atoms with E-state index in [1.165, 1.54) is 11.1 Å². The summed E-state index contributed by atoms with van der Waals surface area (Å²) < 4.78 is 8.00. The topological polar surface area (TPSA) is 57.0 Å². The Bertz CT molecular complexity index is 1320. The van der Waals surface area contributed by atoms with E-state index in [2.05, 4.69) is 71.9 Å². The molecule has 4 rings (SSSR count). The maximum atomic E-state index is 12.0. The third-order valence-corrected chi connectivity index (χ3v) is 7.05. The second-order valence-corrected chi connectivity index (χ2v) is 10.7. The second-order valence-electron chi connectivity index (χ2n) is 9.81. The summed E-state index contributed by atoms with van der Waals surface area (Å²) >= 11 is 1.60. The summed E-state index contributed by atoms with van der Waals surface area (Å²) in [5.41, 5.74) is 5.24. The zero-order chi connectivity index (χ0) is 25.7. The Labute approximate surface area is 217 Å². The van der Waals surface area contributed by atoms with Crippen LogP contribution in [0.3, 0.4) is 0 Å². The molecule has 0 saturated carbocycles. The molecule has 0 unspecified atom stereocenters. The van der Waals surface area contributed by atoms with Crippen molar-refractivity contribution < 1.29 is 9.53 Å². The molecule has 0 aliphatic heterocycles. The van der Waals surface area contributed by atoms with Crippen LogP contribution in [0.25, 0.3) is 11.4 Å². The zero-order valence-corrected chi connectivity index (χ0v) is 22.4. The summed E-state index contributed by atoms with van der Waals surface area (Å²) in [6.07, 6.45) is 0. The molecule has 0 N–H and O–H groups in total. The minimum atomic E-state index is 0.0394. The van der Waals surface area contributed by atoms with Crippen molar-refractivity contribution in [1.82, 2.24) is 14.8 Å². The van der Waals surface area contributed by atoms with Crippen LogP contribution in [0.5, 0.6) is 5.75 Å². The van der Waals surface area contributed by atoms with Crippen LogP contribution in [0.2, 0.25) is 0 Å². The van der Waals surface area contributed by atoms with E-state index in [1.807, 2.05) is 43.3 Å². The summed E-state index contributed by atoms with van der Waals surface area (Å²) in [4.78, 5) is 12.0. The van der Waals surface area contributed by atoms with Crippen molar-refractivity contribution in [3.63, 3.8) is 0 Å². The van der Waals surface area contributed by atoms with E-state index in [0.29, 0.717) is 24.5 Å². The molecule has 6 heteroatoms. The molecule has 0 aliphatic carbocycles. The lowest BCUT2D eigenvalue weighted by atomic mass is 9.87. The number of aromatic nitrogens is 3. The van der Waals surface area contributed by atoms with Gasteiger partial charge in [-0.3, -0.25) is 9.36 Å². The van der Waals surface area contributed by atoms with Gasteiger partial charge in [0, 0.05) is 22.4 Å². The van der Waals surface area contributed by atoms with Gasteiger partial charge in [-0.25, -0.2) is 0 Å². The van der Waals surface area contributed by atoms with Crippen LogP contribution in [0.15, 0.2) is 78.0 Å². The van der Waals surface area contributed by atoms with Crippen LogP contribution in [0.4, 0.5) is 0 Å². The van der Waals surface area contributed by atoms with Crippen LogP contribution in [-0.4, -0.2) is 27.2 Å². The molecule has 0 spiro atoms. The van der Waals surface area contributed by atoms with Crippen molar-refractivity contribution in [2.24, 2.45) is 0 Å². The Morgan fingerprint density at radius 3 is 2.33 bits per heavy atom. The van der Waals surface area contributed by atoms with Gasteiger partial charge in [-0.2, -0.15) is 0 Å². The summed E-state index contributed by atoms with van der Waals surface area (Å²) in [5.74, 6) is 2.29. The number of thioether (sulfide) groups is 1. The van der Waals surface area contributed by atoms with Gasteiger partial charge in [0.25, 0.3) is 0 Å². The molecule has 0 fully saturated rings. The summed E-state index contributed by atoms with van der Waals surface area (Å²) in [6, 6.07) is 24.6. The highest BCUT2D eigenvalue weighted by atomic mass is 32.2. The lowest BCUT2D eigenvalue weighted by Gasteiger charge is -2.19. The molecule has 0 saturated heterocycles. The van der Waals surface area contributed by atoms with Crippen LogP contribution in [0, 0.1) is 0 Å². The molecule has 0 aliphatic rings. The van der Waals surface area contributed by atoms with Crippen molar-refractivity contribution in [1.29, 1.82) is 0 Å². The molecule has 36 heavy (non-hydrogen) atoms. The minimum Gasteiger partial charge on any atom is -0.494 e. The number of hydrogen-bond acceptors (Lipinski definition) is 5. The summed E-state index contributed by atoms with van der Waals surface area (Å²) in [6.45, 7) is 11.4. The molecule has 0 radical (unpaired) electrons. The van der Waals surface area contributed by atoms with Gasteiger partial charge in [-0.05, 0) is 48.6 Å². The van der Waals surface area contributed by atoms with Gasteiger partial charge >= 0.3 is 0 Å². The number of hydrogen-bond donors (Lipinski definition) is 0. The lowest BCUT2D eigenvalue weighted by Crippen LogP contribution is -2.10. The van der Waals surface area contributed by atoms with E-state index in [-0.39, 0.29) is 11.2 Å².